The number of piperidine rings is 2. The van der Waals surface area contributed by atoms with Crippen molar-refractivity contribution in [3.63, 3.8) is 0 Å². The lowest BCUT2D eigenvalue weighted by molar-refractivity contribution is -0.137. The summed E-state index contributed by atoms with van der Waals surface area (Å²) in [4.78, 5) is 33.2. The van der Waals surface area contributed by atoms with E-state index < -0.39 is 5.92 Å². The molecule has 3 N–H and O–H groups in total. The van der Waals surface area contributed by atoms with E-state index >= 15 is 0 Å². The first-order valence-electron chi connectivity index (χ1n) is 16.2. The van der Waals surface area contributed by atoms with Crippen molar-refractivity contribution in [3.05, 3.63) is 28.3 Å². The van der Waals surface area contributed by atoms with Crippen LogP contribution in [0.2, 0.25) is 0 Å². The van der Waals surface area contributed by atoms with Crippen LogP contribution < -0.4 is 10.6 Å². The Morgan fingerprint density at radius 3 is 1.49 bits per heavy atom. The van der Waals surface area contributed by atoms with Gasteiger partial charge in [-0.1, -0.05) is 26.8 Å². The van der Waals surface area contributed by atoms with Crippen molar-refractivity contribution in [2.75, 3.05) is 14.1 Å². The van der Waals surface area contributed by atoms with Crippen molar-refractivity contribution >= 4 is 11.8 Å². The van der Waals surface area contributed by atoms with Gasteiger partial charge in [0.05, 0.1) is 0 Å². The van der Waals surface area contributed by atoms with Crippen molar-refractivity contribution < 1.29 is 14.7 Å². The summed E-state index contributed by atoms with van der Waals surface area (Å²) in [6.45, 7) is 27.9. The van der Waals surface area contributed by atoms with Gasteiger partial charge in [-0.25, -0.2) is 0 Å². The first-order chi connectivity index (χ1) is 19.3. The summed E-state index contributed by atoms with van der Waals surface area (Å²) in [5, 5.41) is 17.9. The minimum absolute atomic E-state index is 0.0379. The molecular weight excluding hydrogens is 536 g/mol. The number of rotatable bonds is 6. The average molecular weight is 599 g/mol. The summed E-state index contributed by atoms with van der Waals surface area (Å²) < 4.78 is 0. The zero-order valence-electron chi connectivity index (χ0n) is 30.0. The van der Waals surface area contributed by atoms with Crippen molar-refractivity contribution in [3.8, 4) is 5.75 Å². The van der Waals surface area contributed by atoms with Gasteiger partial charge in [0.25, 0.3) is 0 Å². The van der Waals surface area contributed by atoms with Crippen LogP contribution in [0.1, 0.15) is 124 Å². The van der Waals surface area contributed by atoms with Crippen LogP contribution in [0.5, 0.6) is 5.75 Å². The predicted octanol–water partition coefficient (Wildman–Crippen LogP) is 6.00. The highest BCUT2D eigenvalue weighted by Crippen LogP contribution is 2.40. The molecule has 2 saturated heterocycles. The lowest BCUT2D eigenvalue weighted by Gasteiger charge is -2.54. The fourth-order valence-corrected chi connectivity index (χ4v) is 7.96. The molecule has 0 unspecified atom stereocenters. The van der Waals surface area contributed by atoms with Crippen LogP contribution in [-0.2, 0) is 21.4 Å². The summed E-state index contributed by atoms with van der Waals surface area (Å²) in [5.74, 6) is -1.12. The summed E-state index contributed by atoms with van der Waals surface area (Å²) in [5.41, 5.74) is 2.89. The molecule has 0 atom stereocenters. The molecule has 244 valence electrons. The topological polar surface area (TPSA) is 84.9 Å². The number of likely N-dealkylation sites (tertiary alicyclic amines) is 2. The van der Waals surface area contributed by atoms with E-state index in [2.05, 4.69) is 111 Å². The monoisotopic (exact) mass is 598 g/mol. The molecule has 2 aliphatic rings. The van der Waals surface area contributed by atoms with E-state index in [9.17, 15) is 14.7 Å². The minimum Gasteiger partial charge on any atom is -0.507 e. The van der Waals surface area contributed by atoms with Gasteiger partial charge in [0.1, 0.15) is 11.7 Å². The molecule has 0 radical (unpaired) electrons. The summed E-state index contributed by atoms with van der Waals surface area (Å²) in [6.07, 6.45) is 3.48. The van der Waals surface area contributed by atoms with Crippen LogP contribution in [0, 0.1) is 19.8 Å². The number of benzene rings is 1. The lowest BCUT2D eigenvalue weighted by atomic mass is 9.77. The molecule has 1 aromatic rings. The molecule has 2 amide bonds. The van der Waals surface area contributed by atoms with Crippen LogP contribution in [-0.4, -0.2) is 75.1 Å². The Morgan fingerprint density at radius 2 is 1.16 bits per heavy atom. The molecule has 3 rings (SSSR count). The third-order valence-corrected chi connectivity index (χ3v) is 11.1. The number of aryl methyl sites for hydroxylation is 1. The number of hydrogen-bond donors (Lipinski definition) is 3. The quantitative estimate of drug-likeness (QED) is 0.350. The molecule has 0 aliphatic carbocycles. The van der Waals surface area contributed by atoms with Gasteiger partial charge >= 0.3 is 0 Å². The smallest absolute Gasteiger partial charge is 0.233 e. The van der Waals surface area contributed by atoms with Crippen molar-refractivity contribution in [1.82, 2.24) is 20.4 Å². The second-order valence-corrected chi connectivity index (χ2v) is 17.3. The summed E-state index contributed by atoms with van der Waals surface area (Å²) in [6, 6.07) is 1.95. The van der Waals surface area contributed by atoms with E-state index in [1.807, 2.05) is 19.9 Å². The van der Waals surface area contributed by atoms with Crippen molar-refractivity contribution in [1.29, 1.82) is 0 Å². The highest BCUT2D eigenvalue weighted by molar-refractivity contribution is 6.01. The van der Waals surface area contributed by atoms with Crippen molar-refractivity contribution in [2.24, 2.45) is 5.92 Å². The van der Waals surface area contributed by atoms with E-state index in [0.717, 1.165) is 47.9 Å². The van der Waals surface area contributed by atoms with Crippen LogP contribution in [0.15, 0.2) is 6.07 Å². The van der Waals surface area contributed by atoms with Gasteiger partial charge in [0.2, 0.25) is 11.8 Å². The third kappa shape index (κ3) is 7.41. The van der Waals surface area contributed by atoms with Gasteiger partial charge in [-0.3, -0.25) is 19.4 Å². The molecule has 2 fully saturated rings. The Kier molecular flexibility index (Phi) is 9.59. The molecule has 43 heavy (non-hydrogen) atoms. The normalized spacial score (nSPS) is 22.9. The zero-order chi connectivity index (χ0) is 33.1. The van der Waals surface area contributed by atoms with E-state index in [1.54, 1.807) is 0 Å². The SMILES string of the molecule is Cc1cc(C(C)(C)C)c(O)c(C)c1CC(C(=O)NC1CC(C)(C)N(C)C(C)(C)C1)C(=O)NC1CC(C)(C)N(C)C(C)(C)C1. The molecule has 7 heteroatoms. The zero-order valence-corrected chi connectivity index (χ0v) is 30.0. The Bertz CT molecular complexity index is 1130. The second-order valence-electron chi connectivity index (χ2n) is 17.3. The van der Waals surface area contributed by atoms with E-state index in [4.69, 9.17) is 0 Å². The molecule has 0 aromatic heterocycles. The second kappa shape index (κ2) is 11.7. The van der Waals surface area contributed by atoms with E-state index in [0.29, 0.717) is 0 Å². The number of carbonyl (C=O) groups is 2. The van der Waals surface area contributed by atoms with Gasteiger partial charge in [-0.15, -0.1) is 0 Å². The number of nitrogens with one attached hydrogen (secondary N) is 2. The average Bonchev–Trinajstić information content (AvgIpc) is 2.81. The summed E-state index contributed by atoms with van der Waals surface area (Å²) >= 11 is 0. The molecule has 0 bridgehead atoms. The minimum atomic E-state index is -0.908. The molecule has 2 aliphatic heterocycles. The predicted molar refractivity (Wildman–Crippen MR) is 178 cm³/mol. The fourth-order valence-electron chi connectivity index (χ4n) is 7.96. The first-order valence-corrected chi connectivity index (χ1v) is 16.2. The largest absolute Gasteiger partial charge is 0.507 e. The number of carbonyl (C=O) groups excluding carboxylic acids is 2. The maximum Gasteiger partial charge on any atom is 0.233 e. The molecule has 2 heterocycles. The first kappa shape index (κ1) is 35.4. The van der Waals surface area contributed by atoms with Gasteiger partial charge < -0.3 is 15.7 Å². The Balaban J connectivity index is 1.97. The number of nitrogens with zero attached hydrogens (tertiary/aromatic N) is 2. The maximum atomic E-state index is 14.2. The lowest BCUT2D eigenvalue weighted by Crippen LogP contribution is -2.64. The van der Waals surface area contributed by atoms with Crippen LogP contribution in [0.4, 0.5) is 0 Å². The van der Waals surface area contributed by atoms with Gasteiger partial charge in [0.15, 0.2) is 0 Å². The maximum absolute atomic E-state index is 14.2. The molecule has 0 saturated carbocycles. The number of hydrogen-bond acceptors (Lipinski definition) is 5. The third-order valence-electron chi connectivity index (χ3n) is 11.1. The van der Waals surface area contributed by atoms with Crippen molar-refractivity contribution in [2.45, 2.75) is 162 Å². The van der Waals surface area contributed by atoms with Crippen LogP contribution >= 0.6 is 0 Å². The number of phenols is 1. The number of aromatic hydroxyl groups is 1. The Hall–Kier alpha value is -2.12. The molecular formula is C36H62N4O3. The molecule has 7 nitrogen and oxygen atoms in total. The van der Waals surface area contributed by atoms with Gasteiger partial charge in [-0.05, 0) is 143 Å². The van der Waals surface area contributed by atoms with Crippen LogP contribution in [0.25, 0.3) is 0 Å². The number of phenolic OH excluding ortho intramolecular Hbond substituents is 1. The van der Waals surface area contributed by atoms with Crippen LogP contribution in [0.3, 0.4) is 0 Å². The van der Waals surface area contributed by atoms with Gasteiger partial charge in [-0.2, -0.15) is 0 Å². The Labute approximate surface area is 262 Å². The Morgan fingerprint density at radius 1 is 0.814 bits per heavy atom. The van der Waals surface area contributed by atoms with Gasteiger partial charge in [0, 0.05) is 34.2 Å². The standard InChI is InChI=1S/C36H62N4O3/c1-22-16-28(32(3,4)5)29(41)23(2)26(22)17-27(30(42)37-24-18-33(6,7)39(14)34(8,9)19-24)31(43)38-25-20-35(10,11)40(15)36(12,13)21-25/h16,24-25,27,41H,17-21H2,1-15H3,(H,37,42)(H,38,43). The molecule has 0 spiro atoms. The highest BCUT2D eigenvalue weighted by atomic mass is 16.3. The fraction of sp³-hybridized carbons (Fsp3) is 0.778. The van der Waals surface area contributed by atoms with E-state index in [-0.39, 0.29) is 63.6 Å². The molecule has 1 aromatic carbocycles. The van der Waals surface area contributed by atoms with E-state index in [1.165, 1.54) is 0 Å². The number of amides is 2. The summed E-state index contributed by atoms with van der Waals surface area (Å²) in [7, 11) is 4.30. The highest BCUT2D eigenvalue weighted by Gasteiger charge is 2.46.